The van der Waals surface area contributed by atoms with Crippen molar-refractivity contribution in [1.29, 1.82) is 0 Å². The molecule has 1 amide bonds. The fourth-order valence-corrected chi connectivity index (χ4v) is 2.21. The zero-order valence-electron chi connectivity index (χ0n) is 9.62. The Morgan fingerprint density at radius 3 is 3.06 bits per heavy atom. The average Bonchev–Trinajstić information content (AvgIpc) is 2.62. The number of hydrogen-bond donors (Lipinski definition) is 1. The van der Waals surface area contributed by atoms with Gasteiger partial charge in [0.2, 0.25) is 5.91 Å². The van der Waals surface area contributed by atoms with E-state index in [4.69, 9.17) is 0 Å². The van der Waals surface area contributed by atoms with Gasteiger partial charge in [-0.25, -0.2) is 0 Å². The van der Waals surface area contributed by atoms with Crippen LogP contribution in [0.5, 0.6) is 0 Å². The molecule has 1 aromatic heterocycles. The summed E-state index contributed by atoms with van der Waals surface area (Å²) in [5.41, 5.74) is 3.67. The van der Waals surface area contributed by atoms with Crippen molar-refractivity contribution in [3.8, 4) is 0 Å². The zero-order chi connectivity index (χ0) is 11.5. The van der Waals surface area contributed by atoms with E-state index in [2.05, 4.69) is 17.0 Å². The molecule has 0 saturated carbocycles. The van der Waals surface area contributed by atoms with Gasteiger partial charge in [-0.3, -0.25) is 9.48 Å². The molecule has 16 heavy (non-hydrogen) atoms. The highest BCUT2D eigenvalue weighted by atomic mass is 16.1. The van der Waals surface area contributed by atoms with Crippen LogP contribution in [0.3, 0.4) is 0 Å². The fourth-order valence-electron chi connectivity index (χ4n) is 2.21. The molecule has 1 N–H and O–H groups in total. The molecule has 2 rings (SSSR count). The summed E-state index contributed by atoms with van der Waals surface area (Å²) in [5, 5.41) is 7.30. The summed E-state index contributed by atoms with van der Waals surface area (Å²) < 4.78 is 1.89. The van der Waals surface area contributed by atoms with Gasteiger partial charge in [-0.05, 0) is 37.3 Å². The summed E-state index contributed by atoms with van der Waals surface area (Å²) in [6, 6.07) is 0. The third-order valence-corrected chi connectivity index (χ3v) is 3.06. The van der Waals surface area contributed by atoms with E-state index >= 15 is 0 Å². The Labute approximate surface area is 95.3 Å². The number of fused-ring (bicyclic) bond motifs is 1. The van der Waals surface area contributed by atoms with Crippen LogP contribution in [0.2, 0.25) is 0 Å². The van der Waals surface area contributed by atoms with Crippen molar-refractivity contribution < 1.29 is 4.79 Å². The molecule has 0 saturated heterocycles. The Balaban J connectivity index is 2.16. The molecule has 0 aliphatic heterocycles. The second kappa shape index (κ2) is 4.51. The first-order valence-electron chi connectivity index (χ1n) is 5.66. The minimum Gasteiger partial charge on any atom is -0.347 e. The van der Waals surface area contributed by atoms with Crippen LogP contribution in [-0.4, -0.2) is 15.7 Å². The van der Waals surface area contributed by atoms with Crippen molar-refractivity contribution >= 4 is 5.91 Å². The Bertz CT molecular complexity index is 420. The molecule has 0 bridgehead atoms. The van der Waals surface area contributed by atoms with Gasteiger partial charge >= 0.3 is 0 Å². The Morgan fingerprint density at radius 1 is 1.56 bits per heavy atom. The molecule has 0 radical (unpaired) electrons. The predicted octanol–water partition coefficient (Wildman–Crippen LogP) is 1.10. The van der Waals surface area contributed by atoms with Gasteiger partial charge in [-0.1, -0.05) is 6.58 Å². The van der Waals surface area contributed by atoms with Crippen LogP contribution >= 0.6 is 0 Å². The zero-order valence-corrected chi connectivity index (χ0v) is 9.62. The van der Waals surface area contributed by atoms with Crippen LogP contribution in [0, 0.1) is 0 Å². The van der Waals surface area contributed by atoms with E-state index in [9.17, 15) is 4.79 Å². The molecule has 0 fully saturated rings. The molecule has 0 atom stereocenters. The van der Waals surface area contributed by atoms with Gasteiger partial charge in [0, 0.05) is 7.05 Å². The van der Waals surface area contributed by atoms with Crippen LogP contribution in [0.25, 0.3) is 0 Å². The van der Waals surface area contributed by atoms with E-state index in [-0.39, 0.29) is 5.91 Å². The molecular weight excluding hydrogens is 202 g/mol. The van der Waals surface area contributed by atoms with Crippen molar-refractivity contribution in [2.75, 3.05) is 0 Å². The van der Waals surface area contributed by atoms with Crippen molar-refractivity contribution in [1.82, 2.24) is 15.1 Å². The average molecular weight is 219 g/mol. The third-order valence-electron chi connectivity index (χ3n) is 3.06. The van der Waals surface area contributed by atoms with Gasteiger partial charge in [0.15, 0.2) is 0 Å². The highest BCUT2D eigenvalue weighted by Gasteiger charge is 2.18. The highest BCUT2D eigenvalue weighted by molar-refractivity contribution is 5.86. The van der Waals surface area contributed by atoms with Gasteiger partial charge in [0.1, 0.15) is 0 Å². The van der Waals surface area contributed by atoms with Crippen LogP contribution < -0.4 is 5.32 Å². The number of hydrogen-bond acceptors (Lipinski definition) is 2. The summed E-state index contributed by atoms with van der Waals surface area (Å²) in [6.45, 7) is 3.98. The Hall–Kier alpha value is -1.58. The number of aromatic nitrogens is 2. The summed E-state index contributed by atoms with van der Waals surface area (Å²) in [7, 11) is 1.94. The number of aryl methyl sites for hydroxylation is 2. The first-order valence-corrected chi connectivity index (χ1v) is 5.66. The van der Waals surface area contributed by atoms with Crippen molar-refractivity contribution in [2.24, 2.45) is 7.05 Å². The van der Waals surface area contributed by atoms with E-state index in [0.717, 1.165) is 18.5 Å². The molecule has 0 unspecified atom stereocenters. The maximum atomic E-state index is 11.1. The number of carbonyl (C=O) groups is 1. The summed E-state index contributed by atoms with van der Waals surface area (Å²) in [5.74, 6) is -0.134. The lowest BCUT2D eigenvalue weighted by atomic mass is 9.96. The molecular formula is C12H17N3O. The SMILES string of the molecule is C=CC(=O)NCc1c2c(nn1C)CCCC2. The van der Waals surface area contributed by atoms with Crippen molar-refractivity contribution in [3.05, 3.63) is 29.6 Å². The molecule has 1 aliphatic carbocycles. The second-order valence-corrected chi connectivity index (χ2v) is 4.12. The highest BCUT2D eigenvalue weighted by Crippen LogP contribution is 2.23. The molecule has 1 heterocycles. The number of amides is 1. The van der Waals surface area contributed by atoms with E-state index < -0.39 is 0 Å². The fraction of sp³-hybridized carbons (Fsp3) is 0.500. The molecule has 86 valence electrons. The normalized spacial score (nSPS) is 14.3. The van der Waals surface area contributed by atoms with Gasteiger partial charge in [0.25, 0.3) is 0 Å². The molecule has 0 spiro atoms. The first-order chi connectivity index (χ1) is 7.72. The topological polar surface area (TPSA) is 46.9 Å². The predicted molar refractivity (Wildman–Crippen MR) is 61.9 cm³/mol. The van der Waals surface area contributed by atoms with Gasteiger partial charge in [-0.2, -0.15) is 5.10 Å². The van der Waals surface area contributed by atoms with Gasteiger partial charge in [0.05, 0.1) is 17.9 Å². The van der Waals surface area contributed by atoms with E-state index in [1.807, 2.05) is 11.7 Å². The van der Waals surface area contributed by atoms with E-state index in [1.165, 1.54) is 30.2 Å². The lowest BCUT2D eigenvalue weighted by Gasteiger charge is -2.11. The minimum absolute atomic E-state index is 0.134. The largest absolute Gasteiger partial charge is 0.347 e. The molecule has 1 aromatic rings. The van der Waals surface area contributed by atoms with Crippen molar-refractivity contribution in [2.45, 2.75) is 32.2 Å². The number of nitrogens with zero attached hydrogens (tertiary/aromatic N) is 2. The van der Waals surface area contributed by atoms with Crippen molar-refractivity contribution in [3.63, 3.8) is 0 Å². The van der Waals surface area contributed by atoms with Crippen LogP contribution in [-0.2, 0) is 31.2 Å². The number of nitrogens with one attached hydrogen (secondary N) is 1. The van der Waals surface area contributed by atoms with E-state index in [1.54, 1.807) is 0 Å². The van der Waals surface area contributed by atoms with Gasteiger partial charge < -0.3 is 5.32 Å². The molecule has 4 nitrogen and oxygen atoms in total. The first kappa shape index (κ1) is 10.9. The van der Waals surface area contributed by atoms with Gasteiger partial charge in [-0.15, -0.1) is 0 Å². The Morgan fingerprint density at radius 2 is 2.31 bits per heavy atom. The molecule has 0 aromatic carbocycles. The Kier molecular flexibility index (Phi) is 3.08. The van der Waals surface area contributed by atoms with E-state index in [0.29, 0.717) is 6.54 Å². The number of carbonyl (C=O) groups excluding carboxylic acids is 1. The summed E-state index contributed by atoms with van der Waals surface area (Å²) in [4.78, 5) is 11.1. The van der Waals surface area contributed by atoms with Crippen LogP contribution in [0.4, 0.5) is 0 Å². The maximum absolute atomic E-state index is 11.1. The maximum Gasteiger partial charge on any atom is 0.243 e. The van der Waals surface area contributed by atoms with Crippen LogP contribution in [0.15, 0.2) is 12.7 Å². The standard InChI is InChI=1S/C12H17N3O/c1-3-12(16)13-8-11-9-6-4-5-7-10(9)14-15(11)2/h3H,1,4-8H2,2H3,(H,13,16). The lowest BCUT2D eigenvalue weighted by molar-refractivity contribution is -0.116. The minimum atomic E-state index is -0.134. The monoisotopic (exact) mass is 219 g/mol. The molecule has 4 heteroatoms. The number of rotatable bonds is 3. The third kappa shape index (κ3) is 2.01. The summed E-state index contributed by atoms with van der Waals surface area (Å²) >= 11 is 0. The summed E-state index contributed by atoms with van der Waals surface area (Å²) in [6.07, 6.45) is 5.90. The quantitative estimate of drug-likeness (QED) is 0.774. The molecule has 1 aliphatic rings. The smallest absolute Gasteiger partial charge is 0.243 e. The van der Waals surface area contributed by atoms with Crippen LogP contribution in [0.1, 0.15) is 29.8 Å². The lowest BCUT2D eigenvalue weighted by Crippen LogP contribution is -2.22. The second-order valence-electron chi connectivity index (χ2n) is 4.12.